The lowest BCUT2D eigenvalue weighted by molar-refractivity contribution is 0.627. The van der Waals surface area contributed by atoms with E-state index in [1.54, 1.807) is 0 Å². The van der Waals surface area contributed by atoms with Crippen LogP contribution in [0, 0.1) is 0 Å². The highest BCUT2D eigenvalue weighted by molar-refractivity contribution is 6.11. The average molecular weight is 734 g/mol. The fourth-order valence-electron chi connectivity index (χ4n) is 8.64. The van der Waals surface area contributed by atoms with Gasteiger partial charge in [-0.2, -0.15) is 0 Å². The summed E-state index contributed by atoms with van der Waals surface area (Å²) in [5.41, 5.74) is 12.1. The zero-order valence-corrected chi connectivity index (χ0v) is 30.6. The highest BCUT2D eigenvalue weighted by Crippen LogP contribution is 2.41. The summed E-state index contributed by atoms with van der Waals surface area (Å²) >= 11 is 0. The molecule has 0 spiro atoms. The maximum Gasteiger partial charge on any atom is 0.137 e. The summed E-state index contributed by atoms with van der Waals surface area (Å²) < 4.78 is 15.4. The first-order chi connectivity index (χ1) is 28.2. The van der Waals surface area contributed by atoms with E-state index in [0.717, 1.165) is 83.2 Å². The Kier molecular flexibility index (Phi) is 7.03. The second kappa shape index (κ2) is 12.6. The lowest BCUT2D eigenvalue weighted by atomic mass is 10.0. The molecular formula is C51H33N4O2-. The van der Waals surface area contributed by atoms with Crippen molar-refractivity contribution in [2.75, 3.05) is 0 Å². The summed E-state index contributed by atoms with van der Waals surface area (Å²) in [6, 6.07) is 63.6. The molecule has 6 heteroatoms. The molecule has 1 aliphatic rings. The molecule has 0 aliphatic carbocycles. The Hall–Kier alpha value is -7.41. The molecule has 0 amide bonds. The monoisotopic (exact) mass is 733 g/mol. The van der Waals surface area contributed by atoms with E-state index < -0.39 is 0 Å². The Morgan fingerprint density at radius 2 is 1.04 bits per heavy atom. The van der Waals surface area contributed by atoms with Gasteiger partial charge in [0, 0.05) is 49.6 Å². The third-order valence-corrected chi connectivity index (χ3v) is 11.4. The summed E-state index contributed by atoms with van der Waals surface area (Å²) in [7, 11) is 0. The van der Waals surface area contributed by atoms with Gasteiger partial charge >= 0.3 is 0 Å². The molecule has 57 heavy (non-hydrogen) atoms. The summed E-state index contributed by atoms with van der Waals surface area (Å²) in [4.78, 5) is 5.01. The molecule has 11 aromatic rings. The van der Waals surface area contributed by atoms with Gasteiger partial charge in [0.1, 0.15) is 28.2 Å². The molecule has 0 bridgehead atoms. The van der Waals surface area contributed by atoms with Gasteiger partial charge in [-0.15, -0.1) is 0 Å². The summed E-state index contributed by atoms with van der Waals surface area (Å²) in [6.07, 6.45) is -0.627. The standard InChI is InChI=1S/C51H33N4O2/c1-3-11-31(12-4-1)49-52-50(32-13-5-2-6-14-32)54-51(53-49)35-20-24-41-42-27-33(21-26-45(42)56-47(41)29-35)34-19-23-39-40-25-22-36(30-48(40)57-46(39)28-34)55-43-17-9-7-15-37(43)38-16-8-10-18-44(38)55/h1-30,49,51H,(H,52,54)/q-1. The van der Waals surface area contributed by atoms with E-state index in [0.29, 0.717) is 0 Å². The third-order valence-electron chi connectivity index (χ3n) is 11.4. The van der Waals surface area contributed by atoms with Crippen LogP contribution in [0.4, 0.5) is 0 Å². The van der Waals surface area contributed by atoms with Gasteiger partial charge in [-0.25, -0.2) is 0 Å². The molecule has 270 valence electrons. The molecule has 1 N–H and O–H groups in total. The highest BCUT2D eigenvalue weighted by Gasteiger charge is 2.19. The zero-order chi connectivity index (χ0) is 37.5. The normalized spacial score (nSPS) is 15.9. The van der Waals surface area contributed by atoms with Crippen molar-refractivity contribution in [2.45, 2.75) is 12.3 Å². The third kappa shape index (κ3) is 5.19. The first-order valence-electron chi connectivity index (χ1n) is 19.3. The minimum absolute atomic E-state index is 0.301. The van der Waals surface area contributed by atoms with Crippen molar-refractivity contribution in [3.8, 4) is 16.8 Å². The van der Waals surface area contributed by atoms with Gasteiger partial charge in [-0.1, -0.05) is 121 Å². The van der Waals surface area contributed by atoms with Crippen LogP contribution in [0.2, 0.25) is 0 Å². The van der Waals surface area contributed by atoms with E-state index in [-0.39, 0.29) is 12.3 Å². The van der Waals surface area contributed by atoms with Gasteiger partial charge in [-0.05, 0) is 89.2 Å². The number of nitrogens with one attached hydrogen (secondary N) is 1. The number of hydrogen-bond donors (Lipinski definition) is 1. The fourth-order valence-corrected chi connectivity index (χ4v) is 8.64. The van der Waals surface area contributed by atoms with Gasteiger partial charge in [0.05, 0.1) is 11.0 Å². The van der Waals surface area contributed by atoms with Crippen LogP contribution in [0.1, 0.15) is 29.0 Å². The molecule has 2 atom stereocenters. The van der Waals surface area contributed by atoms with Crippen molar-refractivity contribution >= 4 is 71.5 Å². The van der Waals surface area contributed by atoms with Gasteiger partial charge in [0.2, 0.25) is 0 Å². The quantitative estimate of drug-likeness (QED) is 0.191. The second-order valence-electron chi connectivity index (χ2n) is 14.8. The molecule has 3 aromatic heterocycles. The molecule has 8 aromatic carbocycles. The molecule has 0 saturated carbocycles. The maximum absolute atomic E-state index is 6.61. The van der Waals surface area contributed by atoms with E-state index in [2.05, 4.69) is 155 Å². The fraction of sp³-hybridized carbons (Fsp3) is 0.0392. The van der Waals surface area contributed by atoms with Crippen LogP contribution in [-0.2, 0) is 0 Å². The molecule has 1 aliphatic heterocycles. The zero-order valence-electron chi connectivity index (χ0n) is 30.6. The molecular weight excluding hydrogens is 701 g/mol. The molecule has 0 fully saturated rings. The topological polar surface area (TPSA) is 69.7 Å². The van der Waals surface area contributed by atoms with Gasteiger partial charge in [0.25, 0.3) is 0 Å². The minimum Gasteiger partial charge on any atom is -0.613 e. The van der Waals surface area contributed by atoms with Crippen molar-refractivity contribution < 1.29 is 8.83 Å². The van der Waals surface area contributed by atoms with Crippen LogP contribution in [0.15, 0.2) is 196 Å². The Balaban J connectivity index is 0.888. The Labute approximate surface area is 327 Å². The molecule has 6 nitrogen and oxygen atoms in total. The van der Waals surface area contributed by atoms with Gasteiger partial charge < -0.3 is 24.0 Å². The number of hydrogen-bond acceptors (Lipinski definition) is 4. The molecule has 0 saturated heterocycles. The Bertz CT molecular complexity index is 3320. The first kappa shape index (κ1) is 31.9. The minimum atomic E-state index is -0.326. The van der Waals surface area contributed by atoms with Gasteiger partial charge in [0.15, 0.2) is 0 Å². The van der Waals surface area contributed by atoms with Crippen molar-refractivity contribution in [1.82, 2.24) is 9.88 Å². The molecule has 12 rings (SSSR count). The van der Waals surface area contributed by atoms with E-state index in [1.165, 1.54) is 21.8 Å². The average Bonchev–Trinajstić information content (AvgIpc) is 3.95. The van der Waals surface area contributed by atoms with Crippen LogP contribution >= 0.6 is 0 Å². The van der Waals surface area contributed by atoms with Crippen molar-refractivity contribution in [1.29, 1.82) is 0 Å². The number of aromatic nitrogens is 1. The number of aliphatic imine (C=N–C) groups is 1. The SMILES string of the molecule is c1ccc(C2=NC(c3ccccc3)[N-]C(c3ccc4c(c3)oc3ccc(-c5ccc6c(c5)oc5cc(-n7c8ccccc8c8ccccc87)ccc56)cc34)N2)cc1. The summed E-state index contributed by atoms with van der Waals surface area (Å²) in [6.45, 7) is 0. The van der Waals surface area contributed by atoms with Crippen LogP contribution in [0.5, 0.6) is 0 Å². The van der Waals surface area contributed by atoms with E-state index in [4.69, 9.17) is 19.1 Å². The Morgan fingerprint density at radius 1 is 0.439 bits per heavy atom. The number of benzene rings is 8. The smallest absolute Gasteiger partial charge is 0.137 e. The van der Waals surface area contributed by atoms with Crippen LogP contribution < -0.4 is 5.32 Å². The first-order valence-corrected chi connectivity index (χ1v) is 19.3. The van der Waals surface area contributed by atoms with Crippen molar-refractivity contribution in [3.05, 3.63) is 204 Å². The Morgan fingerprint density at radius 3 is 1.82 bits per heavy atom. The lowest BCUT2D eigenvalue weighted by Gasteiger charge is -2.43. The van der Waals surface area contributed by atoms with E-state index in [1.807, 2.05) is 36.4 Å². The highest BCUT2D eigenvalue weighted by atomic mass is 16.3. The maximum atomic E-state index is 6.61. The predicted octanol–water partition coefficient (Wildman–Crippen LogP) is 13.4. The number of nitrogens with zero attached hydrogens (tertiary/aromatic N) is 3. The van der Waals surface area contributed by atoms with Crippen LogP contribution in [0.3, 0.4) is 0 Å². The molecule has 4 heterocycles. The number of rotatable bonds is 5. The predicted molar refractivity (Wildman–Crippen MR) is 232 cm³/mol. The number of furan rings is 2. The summed E-state index contributed by atoms with van der Waals surface area (Å²) in [5, 5.41) is 15.6. The number of amidine groups is 1. The van der Waals surface area contributed by atoms with E-state index in [9.17, 15) is 0 Å². The van der Waals surface area contributed by atoms with Crippen LogP contribution in [0.25, 0.3) is 87.8 Å². The largest absolute Gasteiger partial charge is 0.613 e. The van der Waals surface area contributed by atoms with E-state index >= 15 is 0 Å². The van der Waals surface area contributed by atoms with Crippen molar-refractivity contribution in [3.63, 3.8) is 0 Å². The summed E-state index contributed by atoms with van der Waals surface area (Å²) in [5.74, 6) is 0.823. The number of para-hydroxylation sites is 2. The van der Waals surface area contributed by atoms with Gasteiger partial charge in [-0.3, -0.25) is 4.99 Å². The van der Waals surface area contributed by atoms with Crippen molar-refractivity contribution in [2.24, 2.45) is 4.99 Å². The second-order valence-corrected chi connectivity index (χ2v) is 14.8. The molecule has 2 unspecified atom stereocenters. The lowest BCUT2D eigenvalue weighted by Crippen LogP contribution is -2.33. The number of fused-ring (bicyclic) bond motifs is 9. The van der Waals surface area contributed by atoms with Crippen LogP contribution in [-0.4, -0.2) is 10.4 Å². The molecule has 0 radical (unpaired) electrons.